The van der Waals surface area contributed by atoms with Gasteiger partial charge >= 0.3 is 12.0 Å². The lowest BCUT2D eigenvalue weighted by molar-refractivity contribution is 0.0698. The van der Waals surface area contributed by atoms with Gasteiger partial charge in [-0.1, -0.05) is 18.6 Å². The number of anilines is 1. The zero-order chi connectivity index (χ0) is 14.4. The van der Waals surface area contributed by atoms with E-state index >= 15 is 0 Å². The topological polar surface area (TPSA) is 78.4 Å². The van der Waals surface area contributed by atoms with Gasteiger partial charge in [-0.2, -0.15) is 11.8 Å². The van der Waals surface area contributed by atoms with Crippen LogP contribution in [0.4, 0.5) is 10.5 Å². The molecule has 1 aromatic rings. The summed E-state index contributed by atoms with van der Waals surface area (Å²) in [4.78, 5) is 22.8. The van der Waals surface area contributed by atoms with Crippen LogP contribution in [0.2, 0.25) is 0 Å². The molecule has 2 rings (SSSR count). The van der Waals surface area contributed by atoms with Crippen molar-refractivity contribution in [3.63, 3.8) is 0 Å². The lowest BCUT2D eigenvalue weighted by Crippen LogP contribution is -2.35. The van der Waals surface area contributed by atoms with E-state index in [-0.39, 0.29) is 11.6 Å². The van der Waals surface area contributed by atoms with E-state index in [2.05, 4.69) is 10.6 Å². The summed E-state index contributed by atoms with van der Waals surface area (Å²) in [6.07, 6.45) is 3.58. The minimum atomic E-state index is -1.05. The Morgan fingerprint density at radius 3 is 2.80 bits per heavy atom. The van der Waals surface area contributed by atoms with Crippen LogP contribution in [0.3, 0.4) is 0 Å². The predicted molar refractivity (Wildman–Crippen MR) is 80.5 cm³/mol. The van der Waals surface area contributed by atoms with Crippen LogP contribution < -0.4 is 10.6 Å². The number of amides is 2. The molecule has 0 aromatic heterocycles. The number of rotatable bonds is 4. The number of nitrogens with one attached hydrogen (secondary N) is 2. The molecule has 0 saturated carbocycles. The first-order valence-corrected chi connectivity index (χ1v) is 7.70. The van der Waals surface area contributed by atoms with Crippen molar-refractivity contribution in [3.8, 4) is 0 Å². The number of benzene rings is 1. The average Bonchev–Trinajstić information content (AvgIpc) is 2.46. The van der Waals surface area contributed by atoms with E-state index < -0.39 is 5.97 Å². The van der Waals surface area contributed by atoms with Gasteiger partial charge in [0, 0.05) is 11.8 Å². The Labute approximate surface area is 122 Å². The van der Waals surface area contributed by atoms with Gasteiger partial charge in [0.05, 0.1) is 11.3 Å². The van der Waals surface area contributed by atoms with Crippen molar-refractivity contribution < 1.29 is 14.7 Å². The maximum Gasteiger partial charge on any atom is 0.337 e. The molecular weight excluding hydrogens is 276 g/mol. The summed E-state index contributed by atoms with van der Waals surface area (Å²) in [5.41, 5.74) is 0.406. The Balaban J connectivity index is 1.86. The zero-order valence-electron chi connectivity index (χ0n) is 11.1. The maximum atomic E-state index is 11.8. The fourth-order valence-electron chi connectivity index (χ4n) is 2.12. The van der Waals surface area contributed by atoms with E-state index in [0.717, 1.165) is 12.2 Å². The van der Waals surface area contributed by atoms with E-state index in [1.54, 1.807) is 18.2 Å². The summed E-state index contributed by atoms with van der Waals surface area (Å²) in [6.45, 7) is 0.617. The van der Waals surface area contributed by atoms with Crippen LogP contribution in [0.25, 0.3) is 0 Å². The largest absolute Gasteiger partial charge is 0.478 e. The Morgan fingerprint density at radius 1 is 1.30 bits per heavy atom. The van der Waals surface area contributed by atoms with Crippen molar-refractivity contribution in [2.24, 2.45) is 0 Å². The number of thioether (sulfide) groups is 1. The van der Waals surface area contributed by atoms with Crippen molar-refractivity contribution in [2.75, 3.05) is 17.6 Å². The van der Waals surface area contributed by atoms with Crippen molar-refractivity contribution in [3.05, 3.63) is 29.8 Å². The predicted octanol–water partition coefficient (Wildman–Crippen LogP) is 2.79. The smallest absolute Gasteiger partial charge is 0.337 e. The van der Waals surface area contributed by atoms with Gasteiger partial charge in [-0.05, 0) is 30.7 Å². The van der Waals surface area contributed by atoms with Gasteiger partial charge < -0.3 is 15.7 Å². The van der Waals surface area contributed by atoms with Crippen LogP contribution in [0.15, 0.2) is 24.3 Å². The van der Waals surface area contributed by atoms with Gasteiger partial charge in [-0.25, -0.2) is 9.59 Å². The molecule has 2 amide bonds. The molecule has 1 atom stereocenters. The second kappa shape index (κ2) is 7.19. The molecule has 0 bridgehead atoms. The third-order valence-electron chi connectivity index (χ3n) is 3.17. The van der Waals surface area contributed by atoms with E-state index in [0.29, 0.717) is 17.5 Å². The maximum absolute atomic E-state index is 11.8. The number of hydrogen-bond acceptors (Lipinski definition) is 3. The van der Waals surface area contributed by atoms with Crippen LogP contribution >= 0.6 is 11.8 Å². The lowest BCUT2D eigenvalue weighted by Gasteiger charge is -2.21. The highest BCUT2D eigenvalue weighted by Gasteiger charge is 2.16. The number of carbonyl (C=O) groups is 2. The van der Waals surface area contributed by atoms with Gasteiger partial charge in [0.25, 0.3) is 0 Å². The summed E-state index contributed by atoms with van der Waals surface area (Å²) in [5.74, 6) is 0.0965. The highest BCUT2D eigenvalue weighted by molar-refractivity contribution is 7.99. The summed E-state index contributed by atoms with van der Waals surface area (Å²) in [6, 6.07) is 6.02. The quantitative estimate of drug-likeness (QED) is 0.798. The first kappa shape index (κ1) is 14.7. The average molecular weight is 294 g/mol. The van der Waals surface area contributed by atoms with Crippen molar-refractivity contribution in [1.82, 2.24) is 5.32 Å². The minimum absolute atomic E-state index is 0.0923. The van der Waals surface area contributed by atoms with E-state index in [4.69, 9.17) is 5.11 Å². The Hall–Kier alpha value is -1.69. The van der Waals surface area contributed by atoms with Crippen LogP contribution in [-0.2, 0) is 0 Å². The monoisotopic (exact) mass is 294 g/mol. The summed E-state index contributed by atoms with van der Waals surface area (Å²) in [5, 5.41) is 14.9. The Morgan fingerprint density at radius 2 is 2.10 bits per heavy atom. The standard InChI is InChI=1S/C14H18N2O3S/c17-13(18)11-6-1-2-7-12(11)16-14(19)15-9-10-5-3-4-8-20-10/h1-2,6-7,10H,3-5,8-9H2,(H,17,18)(H2,15,16,19). The first-order chi connectivity index (χ1) is 9.66. The number of carboxylic acid groups (broad SMARTS) is 1. The SMILES string of the molecule is O=C(NCC1CCCCS1)Nc1ccccc1C(=O)O. The highest BCUT2D eigenvalue weighted by Crippen LogP contribution is 2.24. The van der Waals surface area contributed by atoms with Crippen LogP contribution in [0.5, 0.6) is 0 Å². The van der Waals surface area contributed by atoms with Gasteiger partial charge in [0.15, 0.2) is 0 Å². The van der Waals surface area contributed by atoms with Gasteiger partial charge in [0.2, 0.25) is 0 Å². The minimum Gasteiger partial charge on any atom is -0.478 e. The van der Waals surface area contributed by atoms with Crippen molar-refractivity contribution >= 4 is 29.4 Å². The molecule has 0 aliphatic carbocycles. The Bertz CT molecular complexity index is 487. The number of para-hydroxylation sites is 1. The highest BCUT2D eigenvalue weighted by atomic mass is 32.2. The molecule has 108 valence electrons. The molecule has 1 aliphatic heterocycles. The molecule has 5 nitrogen and oxygen atoms in total. The Kier molecular flexibility index (Phi) is 5.29. The molecule has 3 N–H and O–H groups in total. The van der Waals surface area contributed by atoms with Gasteiger partial charge in [-0.15, -0.1) is 0 Å². The summed E-state index contributed by atoms with van der Waals surface area (Å²) < 4.78 is 0. The molecule has 0 spiro atoms. The molecule has 1 aliphatic rings. The molecule has 1 unspecified atom stereocenters. The van der Waals surface area contributed by atoms with Gasteiger partial charge in [0.1, 0.15) is 0 Å². The number of aromatic carboxylic acids is 1. The molecule has 0 radical (unpaired) electrons. The number of hydrogen-bond donors (Lipinski definition) is 3. The second-order valence-electron chi connectivity index (χ2n) is 4.67. The van der Waals surface area contributed by atoms with Gasteiger partial charge in [-0.3, -0.25) is 0 Å². The fraction of sp³-hybridized carbons (Fsp3) is 0.429. The third-order valence-corrected chi connectivity index (χ3v) is 4.57. The molecule has 1 saturated heterocycles. The summed E-state index contributed by atoms with van der Waals surface area (Å²) in [7, 11) is 0. The van der Waals surface area contributed by atoms with Crippen LogP contribution in [0.1, 0.15) is 29.6 Å². The molecule has 1 heterocycles. The molecule has 6 heteroatoms. The van der Waals surface area contributed by atoms with Crippen LogP contribution in [0, 0.1) is 0 Å². The number of carboxylic acids is 1. The zero-order valence-corrected chi connectivity index (χ0v) is 11.9. The summed E-state index contributed by atoms with van der Waals surface area (Å²) >= 11 is 1.88. The van der Waals surface area contributed by atoms with Crippen molar-refractivity contribution in [1.29, 1.82) is 0 Å². The normalized spacial score (nSPS) is 18.3. The van der Waals surface area contributed by atoms with Crippen LogP contribution in [-0.4, -0.2) is 34.7 Å². The van der Waals surface area contributed by atoms with E-state index in [1.165, 1.54) is 18.9 Å². The van der Waals surface area contributed by atoms with E-state index in [1.807, 2.05) is 11.8 Å². The number of urea groups is 1. The van der Waals surface area contributed by atoms with Crippen molar-refractivity contribution in [2.45, 2.75) is 24.5 Å². The molecule has 1 fully saturated rings. The lowest BCUT2D eigenvalue weighted by atomic mass is 10.2. The second-order valence-corrected chi connectivity index (χ2v) is 6.08. The molecule has 1 aromatic carbocycles. The third kappa shape index (κ3) is 4.16. The molecular formula is C14H18N2O3S. The fourth-order valence-corrected chi connectivity index (χ4v) is 3.36. The first-order valence-electron chi connectivity index (χ1n) is 6.65. The molecule has 20 heavy (non-hydrogen) atoms. The number of carbonyl (C=O) groups excluding carboxylic acids is 1. The van der Waals surface area contributed by atoms with E-state index in [9.17, 15) is 9.59 Å².